The molecule has 5 nitrogen and oxygen atoms in total. The number of fused-ring (bicyclic) bond motifs is 1. The molecule has 2 unspecified atom stereocenters. The fourth-order valence-corrected chi connectivity index (χ4v) is 3.17. The third-order valence-corrected chi connectivity index (χ3v) is 4.46. The number of likely N-dealkylation sites (N-methyl/N-ethyl adjacent to an activating group) is 1. The van der Waals surface area contributed by atoms with Crippen LogP contribution in [0.25, 0.3) is 0 Å². The molecule has 1 aromatic carbocycles. The highest BCUT2D eigenvalue weighted by atomic mass is 16.5. The van der Waals surface area contributed by atoms with Crippen molar-refractivity contribution in [2.75, 3.05) is 43.7 Å². The first-order valence-electron chi connectivity index (χ1n) is 7.46. The lowest BCUT2D eigenvalue weighted by atomic mass is 10.0. The molecule has 1 saturated heterocycles. The first-order valence-corrected chi connectivity index (χ1v) is 7.46. The highest BCUT2D eigenvalue weighted by Crippen LogP contribution is 2.37. The molecule has 2 heterocycles. The Morgan fingerprint density at radius 3 is 3.00 bits per heavy atom. The average Bonchev–Trinajstić information content (AvgIpc) is 2.73. The van der Waals surface area contributed by atoms with Crippen molar-refractivity contribution in [1.82, 2.24) is 0 Å². The van der Waals surface area contributed by atoms with E-state index in [0.717, 1.165) is 37.6 Å². The molecule has 21 heavy (non-hydrogen) atoms. The van der Waals surface area contributed by atoms with Crippen molar-refractivity contribution in [3.8, 4) is 0 Å². The highest BCUT2D eigenvalue weighted by Gasteiger charge is 2.33. The molecule has 0 aliphatic carbocycles. The molecule has 0 radical (unpaired) electrons. The molecular formula is C16H22N2O3. The smallest absolute Gasteiger partial charge is 0.260 e. The first kappa shape index (κ1) is 14.4. The van der Waals surface area contributed by atoms with E-state index >= 15 is 0 Å². The van der Waals surface area contributed by atoms with Crippen LogP contribution in [0.2, 0.25) is 0 Å². The molecule has 0 aromatic heterocycles. The van der Waals surface area contributed by atoms with Crippen molar-refractivity contribution in [3.63, 3.8) is 0 Å². The van der Waals surface area contributed by atoms with Gasteiger partial charge >= 0.3 is 0 Å². The van der Waals surface area contributed by atoms with E-state index in [1.54, 1.807) is 7.05 Å². The van der Waals surface area contributed by atoms with Crippen LogP contribution in [0.1, 0.15) is 24.5 Å². The summed E-state index contributed by atoms with van der Waals surface area (Å²) >= 11 is 0. The summed E-state index contributed by atoms with van der Waals surface area (Å²) in [6, 6.07) is 5.80. The molecule has 1 N–H and O–H groups in total. The lowest BCUT2D eigenvalue weighted by molar-refractivity contribution is -0.125. The predicted molar refractivity (Wildman–Crippen MR) is 81.6 cm³/mol. The Morgan fingerprint density at radius 1 is 1.48 bits per heavy atom. The van der Waals surface area contributed by atoms with Crippen molar-refractivity contribution >= 4 is 17.3 Å². The van der Waals surface area contributed by atoms with E-state index in [9.17, 15) is 9.90 Å². The number of hydrogen-bond acceptors (Lipinski definition) is 4. The molecule has 5 heteroatoms. The molecule has 114 valence electrons. The van der Waals surface area contributed by atoms with Gasteiger partial charge in [-0.15, -0.1) is 0 Å². The van der Waals surface area contributed by atoms with Gasteiger partial charge < -0.3 is 19.6 Å². The topological polar surface area (TPSA) is 53.0 Å². The first-order chi connectivity index (χ1) is 10.1. The van der Waals surface area contributed by atoms with Crippen LogP contribution in [0.5, 0.6) is 0 Å². The molecule has 0 bridgehead atoms. The van der Waals surface area contributed by atoms with Crippen LogP contribution < -0.4 is 9.80 Å². The van der Waals surface area contributed by atoms with Crippen LogP contribution in [-0.4, -0.2) is 44.9 Å². The van der Waals surface area contributed by atoms with Crippen LogP contribution in [0, 0.1) is 5.92 Å². The van der Waals surface area contributed by atoms with Gasteiger partial charge in [-0.1, -0.05) is 6.07 Å². The van der Waals surface area contributed by atoms with Crippen LogP contribution in [-0.2, 0) is 9.53 Å². The van der Waals surface area contributed by atoms with Crippen molar-refractivity contribution < 1.29 is 14.6 Å². The summed E-state index contributed by atoms with van der Waals surface area (Å²) in [4.78, 5) is 15.5. The average molecular weight is 290 g/mol. The Morgan fingerprint density at radius 2 is 2.29 bits per heavy atom. The van der Waals surface area contributed by atoms with Gasteiger partial charge in [0.15, 0.2) is 6.10 Å². The molecule has 1 fully saturated rings. The SMILES string of the molecule is CN(CC1CCCOC1)c1ccc2c(c1)N(C)C(=O)C2O. The molecular weight excluding hydrogens is 268 g/mol. The summed E-state index contributed by atoms with van der Waals surface area (Å²) in [5, 5.41) is 9.89. The number of aliphatic hydroxyl groups is 1. The van der Waals surface area contributed by atoms with Crippen LogP contribution in [0.3, 0.4) is 0 Å². The number of hydrogen-bond donors (Lipinski definition) is 1. The fraction of sp³-hybridized carbons (Fsp3) is 0.562. The molecule has 3 rings (SSSR count). The van der Waals surface area contributed by atoms with Crippen molar-refractivity contribution in [1.29, 1.82) is 0 Å². The standard InChI is InChI=1S/C16H22N2O3/c1-17(9-11-4-3-7-21-10-11)12-5-6-13-14(8-12)18(2)16(20)15(13)19/h5-6,8,11,15,19H,3-4,7,9-10H2,1-2H3. The van der Waals surface area contributed by atoms with Gasteiger partial charge in [0.1, 0.15) is 0 Å². The molecule has 2 aliphatic rings. The minimum atomic E-state index is -1.02. The minimum absolute atomic E-state index is 0.259. The lowest BCUT2D eigenvalue weighted by Crippen LogP contribution is -2.30. The zero-order chi connectivity index (χ0) is 15.0. The third kappa shape index (κ3) is 2.63. The van der Waals surface area contributed by atoms with Gasteiger partial charge in [-0.3, -0.25) is 4.79 Å². The zero-order valence-electron chi connectivity index (χ0n) is 12.6. The Bertz CT molecular complexity index is 540. The number of ether oxygens (including phenoxy) is 1. The number of carbonyl (C=O) groups excluding carboxylic acids is 1. The van der Waals surface area contributed by atoms with Crippen molar-refractivity contribution in [3.05, 3.63) is 23.8 Å². The quantitative estimate of drug-likeness (QED) is 0.918. The summed E-state index contributed by atoms with van der Waals surface area (Å²) in [5.41, 5.74) is 2.56. The Labute approximate surface area is 125 Å². The summed E-state index contributed by atoms with van der Waals surface area (Å²) in [7, 11) is 3.76. The number of nitrogens with zero attached hydrogens (tertiary/aromatic N) is 2. The Balaban J connectivity index is 1.76. The van der Waals surface area contributed by atoms with Crippen LogP contribution in [0.15, 0.2) is 18.2 Å². The summed E-state index contributed by atoms with van der Waals surface area (Å²) in [6.07, 6.45) is 1.31. The van der Waals surface area contributed by atoms with E-state index in [0.29, 0.717) is 11.5 Å². The fourth-order valence-electron chi connectivity index (χ4n) is 3.17. The van der Waals surface area contributed by atoms with E-state index in [1.165, 1.54) is 11.3 Å². The molecule has 0 spiro atoms. The monoisotopic (exact) mass is 290 g/mol. The number of benzene rings is 1. The summed E-state index contributed by atoms with van der Waals surface area (Å²) < 4.78 is 5.53. The zero-order valence-corrected chi connectivity index (χ0v) is 12.6. The van der Waals surface area contributed by atoms with E-state index < -0.39 is 6.10 Å². The number of aliphatic hydroxyl groups excluding tert-OH is 1. The van der Waals surface area contributed by atoms with Gasteiger partial charge in [-0.25, -0.2) is 0 Å². The normalized spacial score (nSPS) is 25.1. The largest absolute Gasteiger partial charge is 0.381 e. The number of amides is 1. The Hall–Kier alpha value is -1.59. The van der Waals surface area contributed by atoms with Gasteiger partial charge in [-0.2, -0.15) is 0 Å². The molecule has 1 amide bonds. The highest BCUT2D eigenvalue weighted by molar-refractivity contribution is 6.03. The maximum atomic E-state index is 11.8. The summed E-state index contributed by atoms with van der Waals surface area (Å²) in [5.74, 6) is 0.299. The van der Waals surface area contributed by atoms with Crippen LogP contribution >= 0.6 is 0 Å². The molecule has 0 saturated carbocycles. The van der Waals surface area contributed by atoms with E-state index in [1.807, 2.05) is 18.2 Å². The maximum Gasteiger partial charge on any atom is 0.260 e. The predicted octanol–water partition coefficient (Wildman–Crippen LogP) is 1.56. The van der Waals surface area contributed by atoms with Gasteiger partial charge in [0.05, 0.1) is 12.3 Å². The molecule has 2 aliphatic heterocycles. The second kappa shape index (κ2) is 5.66. The molecule has 1 aromatic rings. The van der Waals surface area contributed by atoms with Gasteiger partial charge in [0.2, 0.25) is 0 Å². The second-order valence-corrected chi connectivity index (χ2v) is 6.01. The Kier molecular flexibility index (Phi) is 3.87. The number of rotatable bonds is 3. The van der Waals surface area contributed by atoms with E-state index in [4.69, 9.17) is 4.74 Å². The van der Waals surface area contributed by atoms with Gasteiger partial charge in [-0.05, 0) is 30.9 Å². The van der Waals surface area contributed by atoms with Crippen molar-refractivity contribution in [2.45, 2.75) is 18.9 Å². The van der Waals surface area contributed by atoms with Crippen molar-refractivity contribution in [2.24, 2.45) is 5.92 Å². The summed E-state index contributed by atoms with van der Waals surface area (Å²) in [6.45, 7) is 2.65. The molecule has 2 atom stereocenters. The minimum Gasteiger partial charge on any atom is -0.381 e. The van der Waals surface area contributed by atoms with E-state index in [2.05, 4.69) is 11.9 Å². The van der Waals surface area contributed by atoms with Gasteiger partial charge in [0, 0.05) is 38.5 Å². The lowest BCUT2D eigenvalue weighted by Gasteiger charge is -2.28. The second-order valence-electron chi connectivity index (χ2n) is 6.01. The van der Waals surface area contributed by atoms with Gasteiger partial charge in [0.25, 0.3) is 5.91 Å². The number of carbonyl (C=O) groups is 1. The van der Waals surface area contributed by atoms with Crippen LogP contribution in [0.4, 0.5) is 11.4 Å². The number of anilines is 2. The maximum absolute atomic E-state index is 11.8. The van der Waals surface area contributed by atoms with E-state index in [-0.39, 0.29) is 5.91 Å². The third-order valence-electron chi connectivity index (χ3n) is 4.46.